The molecule has 4 nitrogen and oxygen atoms in total. The highest BCUT2D eigenvalue weighted by Gasteiger charge is 2.11. The van der Waals surface area contributed by atoms with E-state index in [0.717, 1.165) is 12.1 Å². The summed E-state index contributed by atoms with van der Waals surface area (Å²) in [4.78, 5) is 11.3. The molecule has 0 aromatic heterocycles. The summed E-state index contributed by atoms with van der Waals surface area (Å²) in [5.41, 5.74) is 5.92. The number of nitrogens with one attached hydrogen (secondary N) is 2. The molecule has 0 saturated heterocycles. The van der Waals surface area contributed by atoms with Gasteiger partial charge in [0, 0.05) is 17.2 Å². The Morgan fingerprint density at radius 2 is 2.06 bits per heavy atom. The third-order valence-electron chi connectivity index (χ3n) is 1.98. The van der Waals surface area contributed by atoms with Gasteiger partial charge in [-0.3, -0.25) is 10.2 Å². The van der Waals surface area contributed by atoms with Gasteiger partial charge in [-0.25, -0.2) is 4.39 Å². The number of amidine groups is 1. The first-order valence-corrected chi connectivity index (χ1v) is 4.86. The Hall–Kier alpha value is -1.91. The minimum atomic E-state index is -0.529. The molecule has 0 fully saturated rings. The predicted molar refractivity (Wildman–Crippen MR) is 60.6 cm³/mol. The summed E-state index contributed by atoms with van der Waals surface area (Å²) in [7, 11) is 0. The first-order valence-electron chi connectivity index (χ1n) is 4.86. The Labute approximate surface area is 93.2 Å². The van der Waals surface area contributed by atoms with Crippen molar-refractivity contribution in [3.05, 3.63) is 29.6 Å². The van der Waals surface area contributed by atoms with Crippen molar-refractivity contribution in [2.45, 2.75) is 13.8 Å². The lowest BCUT2D eigenvalue weighted by Gasteiger charge is -2.09. The predicted octanol–water partition coefficient (Wildman–Crippen LogP) is 1.51. The maximum Gasteiger partial charge on any atom is 0.228 e. The monoisotopic (exact) mass is 223 g/mol. The van der Waals surface area contributed by atoms with E-state index >= 15 is 0 Å². The van der Waals surface area contributed by atoms with Gasteiger partial charge in [0.1, 0.15) is 11.7 Å². The maximum atomic E-state index is 13.0. The third-order valence-corrected chi connectivity index (χ3v) is 1.98. The minimum Gasteiger partial charge on any atom is -0.399 e. The van der Waals surface area contributed by atoms with Crippen molar-refractivity contribution in [1.29, 1.82) is 5.41 Å². The van der Waals surface area contributed by atoms with Crippen molar-refractivity contribution >= 4 is 17.4 Å². The van der Waals surface area contributed by atoms with Crippen LogP contribution in [0, 0.1) is 17.1 Å². The van der Waals surface area contributed by atoms with Crippen LogP contribution < -0.4 is 11.1 Å². The summed E-state index contributed by atoms with van der Waals surface area (Å²) in [6.07, 6.45) is 0. The molecule has 1 aromatic carbocycles. The number of carbonyl (C=O) groups excluding carboxylic acids is 1. The zero-order chi connectivity index (χ0) is 12.3. The topological polar surface area (TPSA) is 79.0 Å². The molecule has 0 radical (unpaired) electrons. The van der Waals surface area contributed by atoms with E-state index in [0.29, 0.717) is 0 Å². The molecule has 0 atom stereocenters. The molecular formula is C11H14FN3O. The number of nitrogens with two attached hydrogens (primary N) is 1. The maximum absolute atomic E-state index is 13.0. The average Bonchev–Trinajstić information content (AvgIpc) is 2.15. The van der Waals surface area contributed by atoms with Crippen LogP contribution in [0.1, 0.15) is 19.4 Å². The number of halogens is 1. The first-order chi connectivity index (χ1) is 7.40. The molecule has 1 rings (SSSR count). The summed E-state index contributed by atoms with van der Waals surface area (Å²) in [5.74, 6) is -1.19. The fourth-order valence-electron chi connectivity index (χ4n) is 1.10. The van der Waals surface area contributed by atoms with Crippen molar-refractivity contribution < 1.29 is 9.18 Å². The van der Waals surface area contributed by atoms with Crippen LogP contribution in [0.2, 0.25) is 0 Å². The summed E-state index contributed by atoms with van der Waals surface area (Å²) in [5, 5.41) is 9.96. The number of nitrogen functional groups attached to an aromatic ring is 1. The Bertz CT molecular complexity index is 409. The number of hydrogen-bond donors (Lipinski definition) is 3. The van der Waals surface area contributed by atoms with Crippen LogP contribution in [0.3, 0.4) is 0 Å². The van der Waals surface area contributed by atoms with E-state index in [-0.39, 0.29) is 28.9 Å². The van der Waals surface area contributed by atoms with Crippen molar-refractivity contribution in [1.82, 2.24) is 5.32 Å². The van der Waals surface area contributed by atoms with Crippen LogP contribution >= 0.6 is 0 Å². The lowest BCUT2D eigenvalue weighted by atomic mass is 10.1. The molecule has 0 bridgehead atoms. The lowest BCUT2D eigenvalue weighted by molar-refractivity contribution is -0.122. The van der Waals surface area contributed by atoms with E-state index in [1.807, 2.05) is 0 Å². The second-order valence-corrected chi connectivity index (χ2v) is 3.79. The number of amides is 1. The Morgan fingerprint density at radius 3 is 2.56 bits per heavy atom. The molecule has 16 heavy (non-hydrogen) atoms. The van der Waals surface area contributed by atoms with Gasteiger partial charge in [0.2, 0.25) is 5.91 Å². The molecule has 0 heterocycles. The van der Waals surface area contributed by atoms with Gasteiger partial charge in [0.05, 0.1) is 0 Å². The molecule has 0 unspecified atom stereocenters. The first kappa shape index (κ1) is 12.2. The van der Waals surface area contributed by atoms with Gasteiger partial charge in [-0.1, -0.05) is 13.8 Å². The normalized spacial score (nSPS) is 10.2. The number of rotatable bonds is 2. The molecule has 0 saturated carbocycles. The van der Waals surface area contributed by atoms with Gasteiger partial charge < -0.3 is 11.1 Å². The van der Waals surface area contributed by atoms with Crippen molar-refractivity contribution in [2.24, 2.45) is 5.92 Å². The van der Waals surface area contributed by atoms with Crippen LogP contribution in [-0.4, -0.2) is 11.7 Å². The van der Waals surface area contributed by atoms with Gasteiger partial charge in [-0.15, -0.1) is 0 Å². The standard InChI is InChI=1S/C11H14FN3O/c1-6(2)11(16)15-10(14)7-3-8(12)5-9(13)4-7/h3-6H,13H2,1-2H3,(H2,14,15,16). The molecule has 1 amide bonds. The number of hydrogen-bond acceptors (Lipinski definition) is 3. The molecule has 5 heteroatoms. The second kappa shape index (κ2) is 4.74. The van der Waals surface area contributed by atoms with E-state index in [1.165, 1.54) is 6.07 Å². The fraction of sp³-hybridized carbons (Fsp3) is 0.273. The van der Waals surface area contributed by atoms with Gasteiger partial charge in [-0.2, -0.15) is 0 Å². The van der Waals surface area contributed by atoms with Gasteiger partial charge in [0.25, 0.3) is 0 Å². The summed E-state index contributed by atoms with van der Waals surface area (Å²) in [6, 6.07) is 3.74. The molecule has 0 aliphatic heterocycles. The summed E-state index contributed by atoms with van der Waals surface area (Å²) in [6.45, 7) is 3.42. The SMILES string of the molecule is CC(C)C(=O)NC(=N)c1cc(N)cc(F)c1. The zero-order valence-corrected chi connectivity index (χ0v) is 9.17. The third kappa shape index (κ3) is 3.05. The Kier molecular flexibility index (Phi) is 3.60. The quantitative estimate of drug-likeness (QED) is 0.403. The van der Waals surface area contributed by atoms with E-state index in [4.69, 9.17) is 11.1 Å². The molecule has 0 spiro atoms. The molecule has 1 aromatic rings. The zero-order valence-electron chi connectivity index (χ0n) is 9.17. The Balaban J connectivity index is 2.85. The Morgan fingerprint density at radius 1 is 1.44 bits per heavy atom. The highest BCUT2D eigenvalue weighted by atomic mass is 19.1. The van der Waals surface area contributed by atoms with E-state index in [1.54, 1.807) is 13.8 Å². The largest absolute Gasteiger partial charge is 0.399 e. The molecule has 4 N–H and O–H groups in total. The minimum absolute atomic E-state index is 0.148. The molecule has 0 aliphatic carbocycles. The van der Waals surface area contributed by atoms with Crippen molar-refractivity contribution in [2.75, 3.05) is 5.73 Å². The van der Waals surface area contributed by atoms with E-state index in [2.05, 4.69) is 5.32 Å². The molecule has 86 valence electrons. The lowest BCUT2D eigenvalue weighted by Crippen LogP contribution is -2.33. The number of anilines is 1. The summed E-state index contributed by atoms with van der Waals surface area (Å²) >= 11 is 0. The highest BCUT2D eigenvalue weighted by molar-refractivity contribution is 6.06. The van der Waals surface area contributed by atoms with Crippen LogP contribution in [0.4, 0.5) is 10.1 Å². The molecule has 0 aliphatic rings. The van der Waals surface area contributed by atoms with Crippen molar-refractivity contribution in [3.63, 3.8) is 0 Å². The number of carbonyl (C=O) groups is 1. The van der Waals surface area contributed by atoms with Crippen LogP contribution in [0.15, 0.2) is 18.2 Å². The van der Waals surface area contributed by atoms with E-state index < -0.39 is 5.82 Å². The van der Waals surface area contributed by atoms with E-state index in [9.17, 15) is 9.18 Å². The van der Waals surface area contributed by atoms with Crippen LogP contribution in [0.5, 0.6) is 0 Å². The van der Waals surface area contributed by atoms with Gasteiger partial charge in [-0.05, 0) is 18.2 Å². The van der Waals surface area contributed by atoms with Crippen LogP contribution in [-0.2, 0) is 4.79 Å². The second-order valence-electron chi connectivity index (χ2n) is 3.79. The van der Waals surface area contributed by atoms with Crippen LogP contribution in [0.25, 0.3) is 0 Å². The van der Waals surface area contributed by atoms with Gasteiger partial charge >= 0.3 is 0 Å². The smallest absolute Gasteiger partial charge is 0.228 e. The average molecular weight is 223 g/mol. The molecular weight excluding hydrogens is 209 g/mol. The summed E-state index contributed by atoms with van der Waals surface area (Å²) < 4.78 is 13.0. The van der Waals surface area contributed by atoms with Crippen molar-refractivity contribution in [3.8, 4) is 0 Å². The fourth-order valence-corrected chi connectivity index (χ4v) is 1.10. The van der Waals surface area contributed by atoms with Gasteiger partial charge in [0.15, 0.2) is 0 Å². The number of benzene rings is 1. The highest BCUT2D eigenvalue weighted by Crippen LogP contribution is 2.10.